The number of rotatable bonds is 1. The molecule has 0 aliphatic rings. The van der Waals surface area contributed by atoms with E-state index in [2.05, 4.69) is 106 Å². The van der Waals surface area contributed by atoms with Gasteiger partial charge in [0.15, 0.2) is 6.20 Å². The monoisotopic (exact) mass is 435 g/mol. The van der Waals surface area contributed by atoms with E-state index in [0.29, 0.717) is 0 Å². The van der Waals surface area contributed by atoms with Gasteiger partial charge in [0, 0.05) is 16.8 Å². The van der Waals surface area contributed by atoms with Gasteiger partial charge in [0.25, 0.3) is 0 Å². The van der Waals surface area contributed by atoms with E-state index >= 15 is 0 Å². The standard InChI is InChI=1S/C29H31N2Si/c1-16-10-9-11-21-23(16)26-22(32(6,7)8)15-20-12-13-30(5)28-24-19(4)17(2)14-18(3)27(24)31(21)29(26)25(20)28/h9-15H,1-8H3/q+1. The molecule has 0 N–H and O–H groups in total. The van der Waals surface area contributed by atoms with Gasteiger partial charge in [-0.15, -0.1) is 0 Å². The predicted octanol–water partition coefficient (Wildman–Crippen LogP) is 6.59. The summed E-state index contributed by atoms with van der Waals surface area (Å²) in [7, 11) is 0.612. The van der Waals surface area contributed by atoms with Gasteiger partial charge >= 0.3 is 0 Å². The van der Waals surface area contributed by atoms with E-state index in [1.54, 1.807) is 5.19 Å². The molecular formula is C29H31N2Si+. The third-order valence-electron chi connectivity index (χ3n) is 7.64. The summed E-state index contributed by atoms with van der Waals surface area (Å²) in [6.45, 7) is 16.6. The van der Waals surface area contributed by atoms with Gasteiger partial charge in [-0.05, 0) is 66.6 Å². The first-order valence-electron chi connectivity index (χ1n) is 11.6. The van der Waals surface area contributed by atoms with Gasteiger partial charge in [0.05, 0.1) is 35.4 Å². The molecule has 0 saturated heterocycles. The van der Waals surface area contributed by atoms with Gasteiger partial charge in [-0.1, -0.05) is 43.9 Å². The Balaban J connectivity index is 2.16. The molecule has 160 valence electrons. The van der Waals surface area contributed by atoms with E-state index < -0.39 is 8.07 Å². The van der Waals surface area contributed by atoms with Crippen molar-refractivity contribution in [3.05, 3.63) is 64.8 Å². The van der Waals surface area contributed by atoms with Gasteiger partial charge in [-0.3, -0.25) is 0 Å². The molecule has 0 amide bonds. The summed E-state index contributed by atoms with van der Waals surface area (Å²) >= 11 is 0. The first-order chi connectivity index (χ1) is 15.1. The molecule has 0 bridgehead atoms. The van der Waals surface area contributed by atoms with Crippen molar-refractivity contribution in [2.24, 2.45) is 7.05 Å². The number of pyridine rings is 2. The number of benzene rings is 3. The maximum Gasteiger partial charge on any atom is 0.224 e. The molecule has 6 rings (SSSR count). The lowest BCUT2D eigenvalue weighted by atomic mass is 9.95. The van der Waals surface area contributed by atoms with Crippen LogP contribution in [-0.2, 0) is 7.05 Å². The Morgan fingerprint density at radius 2 is 1.50 bits per heavy atom. The predicted molar refractivity (Wildman–Crippen MR) is 142 cm³/mol. The Hall–Kier alpha value is -2.91. The lowest BCUT2D eigenvalue weighted by Crippen LogP contribution is -2.38. The summed E-state index contributed by atoms with van der Waals surface area (Å²) < 4.78 is 4.95. The van der Waals surface area contributed by atoms with E-state index in [9.17, 15) is 0 Å². The topological polar surface area (TPSA) is 8.29 Å². The molecule has 3 heterocycles. The maximum atomic E-state index is 2.60. The zero-order valence-electron chi connectivity index (χ0n) is 20.4. The van der Waals surface area contributed by atoms with Crippen LogP contribution in [0.25, 0.3) is 49.0 Å². The number of aryl methyl sites for hydroxylation is 5. The molecule has 32 heavy (non-hydrogen) atoms. The number of fused-ring (bicyclic) bond motifs is 6. The average Bonchev–Trinajstić information content (AvgIpc) is 3.07. The van der Waals surface area contributed by atoms with E-state index in [4.69, 9.17) is 0 Å². The van der Waals surface area contributed by atoms with Crippen molar-refractivity contribution >= 4 is 62.3 Å². The summed E-state index contributed by atoms with van der Waals surface area (Å²) in [5, 5.41) is 8.66. The summed E-state index contributed by atoms with van der Waals surface area (Å²) in [4.78, 5) is 0. The largest absolute Gasteiger partial charge is 0.307 e. The van der Waals surface area contributed by atoms with Crippen LogP contribution >= 0.6 is 0 Å². The van der Waals surface area contributed by atoms with Crippen LogP contribution in [0.15, 0.2) is 42.6 Å². The Bertz CT molecular complexity index is 1750. The lowest BCUT2D eigenvalue weighted by molar-refractivity contribution is -0.643. The van der Waals surface area contributed by atoms with Crippen molar-refractivity contribution in [3.8, 4) is 0 Å². The molecule has 0 spiro atoms. The quantitative estimate of drug-likeness (QED) is 0.119. The summed E-state index contributed by atoms with van der Waals surface area (Å²) in [5.41, 5.74) is 11.0. The van der Waals surface area contributed by atoms with Crippen molar-refractivity contribution in [1.82, 2.24) is 4.40 Å². The molecule has 0 saturated carbocycles. The zero-order valence-corrected chi connectivity index (χ0v) is 21.4. The molecule has 3 aromatic carbocycles. The molecule has 0 fully saturated rings. The molecule has 3 heteroatoms. The second-order valence-electron chi connectivity index (χ2n) is 10.8. The van der Waals surface area contributed by atoms with Crippen LogP contribution in [0.4, 0.5) is 0 Å². The third-order valence-corrected chi connectivity index (χ3v) is 9.65. The van der Waals surface area contributed by atoms with Crippen LogP contribution in [0, 0.1) is 27.7 Å². The normalized spacial score (nSPS) is 13.0. The minimum atomic E-state index is -1.59. The fourth-order valence-corrected chi connectivity index (χ4v) is 7.63. The fraction of sp³-hybridized carbons (Fsp3) is 0.276. The van der Waals surface area contributed by atoms with Crippen molar-refractivity contribution in [2.75, 3.05) is 0 Å². The lowest BCUT2D eigenvalue weighted by Gasteiger charge is -2.21. The first kappa shape index (κ1) is 19.7. The van der Waals surface area contributed by atoms with Crippen LogP contribution in [0.1, 0.15) is 22.3 Å². The van der Waals surface area contributed by atoms with Gasteiger partial charge in [-0.25, -0.2) is 4.57 Å². The smallest absolute Gasteiger partial charge is 0.224 e. The van der Waals surface area contributed by atoms with E-state index in [1.807, 2.05) is 0 Å². The second-order valence-corrected chi connectivity index (χ2v) is 15.8. The Kier molecular flexibility index (Phi) is 3.77. The van der Waals surface area contributed by atoms with E-state index in [0.717, 1.165) is 0 Å². The SMILES string of the molecule is Cc1cc(C)c2c(c1C)c1c3c(cc[n+]1C)cc([Si](C)(C)C)c1c4c(C)cccc4n2c13. The van der Waals surface area contributed by atoms with Crippen molar-refractivity contribution in [3.63, 3.8) is 0 Å². The van der Waals surface area contributed by atoms with Crippen LogP contribution < -0.4 is 9.75 Å². The first-order valence-corrected chi connectivity index (χ1v) is 15.1. The third kappa shape index (κ3) is 2.27. The number of aromatic nitrogens is 2. The highest BCUT2D eigenvalue weighted by atomic mass is 28.3. The minimum Gasteiger partial charge on any atom is -0.307 e. The molecule has 6 aromatic rings. The molecule has 0 atom stereocenters. The summed E-state index contributed by atoms with van der Waals surface area (Å²) in [6, 6.07) is 14.0. The number of hydrogen-bond donors (Lipinski definition) is 0. The molecule has 0 aliphatic carbocycles. The molecule has 0 radical (unpaired) electrons. The summed E-state index contributed by atoms with van der Waals surface area (Å²) in [6.07, 6.45) is 2.25. The number of nitrogens with zero attached hydrogens (tertiary/aromatic N) is 2. The Labute approximate surface area is 190 Å². The van der Waals surface area contributed by atoms with Gasteiger partial charge in [0.2, 0.25) is 5.52 Å². The molecule has 2 nitrogen and oxygen atoms in total. The van der Waals surface area contributed by atoms with E-state index in [1.165, 1.54) is 71.3 Å². The molecule has 3 aromatic heterocycles. The second kappa shape index (κ2) is 6.11. The van der Waals surface area contributed by atoms with Gasteiger partial charge < -0.3 is 4.40 Å². The highest BCUT2D eigenvalue weighted by Crippen LogP contribution is 2.42. The number of hydrogen-bond acceptors (Lipinski definition) is 0. The van der Waals surface area contributed by atoms with Crippen LogP contribution in [0.5, 0.6) is 0 Å². The summed E-state index contributed by atoms with van der Waals surface area (Å²) in [5.74, 6) is 0. The molecular weight excluding hydrogens is 404 g/mol. The van der Waals surface area contributed by atoms with Gasteiger partial charge in [0.1, 0.15) is 7.05 Å². The minimum absolute atomic E-state index is 1.34. The van der Waals surface area contributed by atoms with Crippen molar-refractivity contribution < 1.29 is 4.57 Å². The van der Waals surface area contributed by atoms with Gasteiger partial charge in [-0.2, -0.15) is 0 Å². The Morgan fingerprint density at radius 3 is 2.22 bits per heavy atom. The highest BCUT2D eigenvalue weighted by molar-refractivity contribution is 6.91. The van der Waals surface area contributed by atoms with Crippen molar-refractivity contribution in [2.45, 2.75) is 47.3 Å². The molecule has 0 aliphatic heterocycles. The van der Waals surface area contributed by atoms with E-state index in [-0.39, 0.29) is 0 Å². The van der Waals surface area contributed by atoms with Crippen LogP contribution in [0.3, 0.4) is 0 Å². The van der Waals surface area contributed by atoms with Crippen LogP contribution in [0.2, 0.25) is 19.6 Å². The molecule has 0 unspecified atom stereocenters. The zero-order chi connectivity index (χ0) is 22.7. The maximum absolute atomic E-state index is 2.60. The fourth-order valence-electron chi connectivity index (χ4n) is 6.05. The van der Waals surface area contributed by atoms with Crippen LogP contribution in [-0.4, -0.2) is 12.5 Å². The Morgan fingerprint density at radius 1 is 0.750 bits per heavy atom. The highest BCUT2D eigenvalue weighted by Gasteiger charge is 2.30. The average molecular weight is 436 g/mol. The van der Waals surface area contributed by atoms with Crippen molar-refractivity contribution in [1.29, 1.82) is 0 Å².